The van der Waals surface area contributed by atoms with Gasteiger partial charge in [-0.15, -0.1) is 0 Å². The van der Waals surface area contributed by atoms with Gasteiger partial charge in [0, 0.05) is 26.7 Å². The zero-order valence-electron chi connectivity index (χ0n) is 25.6. The highest BCUT2D eigenvalue weighted by molar-refractivity contribution is 5.92. The van der Waals surface area contributed by atoms with Crippen molar-refractivity contribution in [1.82, 2.24) is 14.7 Å². The van der Waals surface area contributed by atoms with Crippen LogP contribution in [0.5, 0.6) is 0 Å². The number of hydrogen-bond acceptors (Lipinski definition) is 3. The van der Waals surface area contributed by atoms with Crippen molar-refractivity contribution in [2.24, 2.45) is 5.92 Å². The molecule has 3 aliphatic rings. The van der Waals surface area contributed by atoms with Crippen molar-refractivity contribution >= 4 is 11.8 Å². The van der Waals surface area contributed by atoms with Gasteiger partial charge in [0.05, 0.1) is 16.9 Å². The predicted octanol–water partition coefficient (Wildman–Crippen LogP) is 6.35. The summed E-state index contributed by atoms with van der Waals surface area (Å²) in [5, 5.41) is 0. The van der Waals surface area contributed by atoms with Crippen LogP contribution in [0.4, 0.5) is 4.39 Å². The van der Waals surface area contributed by atoms with E-state index >= 15 is 0 Å². The standard InChI is InChI=1S/C37H44FN3O2/c1-28(29-12-6-3-7-13-29)39(2)35(43)37(31-16-18-33(38)19-17-31)26-32(37)27-40-24-20-36(21-25-40,30-14-8-4-9-15-30)34(42)41-22-10-5-11-23-41/h3-4,6-9,12-19,28,32H,5,10-11,20-27H2,1-2H3/t28-,32?,37?/m0/s1. The monoisotopic (exact) mass is 581 g/mol. The van der Waals surface area contributed by atoms with Crippen molar-refractivity contribution in [3.8, 4) is 0 Å². The zero-order chi connectivity index (χ0) is 30.0. The van der Waals surface area contributed by atoms with Crippen molar-refractivity contribution < 1.29 is 14.0 Å². The van der Waals surface area contributed by atoms with Gasteiger partial charge in [-0.3, -0.25) is 9.59 Å². The van der Waals surface area contributed by atoms with Gasteiger partial charge in [0.25, 0.3) is 0 Å². The molecule has 5 nitrogen and oxygen atoms in total. The Morgan fingerprint density at radius 3 is 2.07 bits per heavy atom. The molecule has 0 aromatic heterocycles. The third-order valence-corrected chi connectivity index (χ3v) is 10.6. The Bertz CT molecular complexity index is 1400. The molecule has 0 bridgehead atoms. The van der Waals surface area contributed by atoms with E-state index in [1.807, 2.05) is 48.3 Å². The highest BCUT2D eigenvalue weighted by Crippen LogP contribution is 2.56. The van der Waals surface area contributed by atoms with E-state index in [9.17, 15) is 14.0 Å². The first kappa shape index (κ1) is 29.6. The maximum atomic E-state index is 14.3. The molecule has 6 heteroatoms. The second-order valence-electron chi connectivity index (χ2n) is 13.0. The van der Waals surface area contributed by atoms with Gasteiger partial charge in [0.2, 0.25) is 11.8 Å². The molecule has 2 amide bonds. The summed E-state index contributed by atoms with van der Waals surface area (Å²) < 4.78 is 14.0. The molecule has 3 aromatic rings. The molecule has 2 heterocycles. The van der Waals surface area contributed by atoms with Crippen molar-refractivity contribution in [3.63, 3.8) is 0 Å². The lowest BCUT2D eigenvalue weighted by molar-refractivity contribution is -0.140. The number of benzene rings is 3. The van der Waals surface area contributed by atoms with Crippen LogP contribution in [-0.4, -0.2) is 66.3 Å². The van der Waals surface area contributed by atoms with Gasteiger partial charge in [0.15, 0.2) is 0 Å². The van der Waals surface area contributed by atoms with E-state index < -0.39 is 10.8 Å². The van der Waals surface area contributed by atoms with Crippen LogP contribution >= 0.6 is 0 Å². The number of carbonyl (C=O) groups is 2. The summed E-state index contributed by atoms with van der Waals surface area (Å²) in [6.07, 6.45) is 5.67. The fraction of sp³-hybridized carbons (Fsp3) is 0.459. The summed E-state index contributed by atoms with van der Waals surface area (Å²) in [6.45, 7) is 6.20. The quantitative estimate of drug-likeness (QED) is 0.312. The summed E-state index contributed by atoms with van der Waals surface area (Å²) in [7, 11) is 1.89. The molecule has 3 aromatic carbocycles. The molecule has 0 radical (unpaired) electrons. The van der Waals surface area contributed by atoms with Crippen LogP contribution in [-0.2, 0) is 20.4 Å². The van der Waals surface area contributed by atoms with Crippen LogP contribution in [0.3, 0.4) is 0 Å². The Hall–Kier alpha value is -3.51. The number of nitrogens with zero attached hydrogens (tertiary/aromatic N) is 3. The molecule has 2 saturated heterocycles. The fourth-order valence-electron chi connectivity index (χ4n) is 7.69. The third kappa shape index (κ3) is 5.62. The van der Waals surface area contributed by atoms with Gasteiger partial charge >= 0.3 is 0 Å². The average Bonchev–Trinajstić information content (AvgIpc) is 3.79. The lowest BCUT2D eigenvalue weighted by Crippen LogP contribution is -2.54. The van der Waals surface area contributed by atoms with Gasteiger partial charge in [-0.1, -0.05) is 72.8 Å². The lowest BCUT2D eigenvalue weighted by atomic mass is 9.71. The molecule has 226 valence electrons. The molecule has 6 rings (SSSR count). The minimum atomic E-state index is -0.664. The van der Waals surface area contributed by atoms with E-state index in [4.69, 9.17) is 0 Å². The summed E-state index contributed by atoms with van der Waals surface area (Å²) in [4.78, 5) is 34.8. The molecule has 1 aliphatic carbocycles. The molecule has 2 aliphatic heterocycles. The number of carbonyl (C=O) groups excluding carboxylic acids is 2. The normalized spacial score (nSPS) is 24.3. The predicted molar refractivity (Wildman–Crippen MR) is 168 cm³/mol. The maximum Gasteiger partial charge on any atom is 0.233 e. The topological polar surface area (TPSA) is 43.9 Å². The highest BCUT2D eigenvalue weighted by atomic mass is 19.1. The van der Waals surface area contributed by atoms with Gasteiger partial charge in [-0.25, -0.2) is 4.39 Å². The minimum absolute atomic E-state index is 0.0745. The Balaban J connectivity index is 1.20. The molecule has 3 fully saturated rings. The summed E-state index contributed by atoms with van der Waals surface area (Å²) in [6, 6.07) is 26.9. The SMILES string of the molecule is C[C@@H](c1ccccc1)N(C)C(=O)C1(c2ccc(F)cc2)CC1CN1CCC(C(=O)N2CCCCC2)(c2ccccc2)CC1. The third-order valence-electron chi connectivity index (χ3n) is 10.6. The Kier molecular flexibility index (Phi) is 8.41. The number of amides is 2. The second kappa shape index (κ2) is 12.2. The molecule has 43 heavy (non-hydrogen) atoms. The van der Waals surface area contributed by atoms with Crippen LogP contribution in [0.15, 0.2) is 84.9 Å². The fourth-order valence-corrected chi connectivity index (χ4v) is 7.69. The Labute approximate surface area is 255 Å². The summed E-state index contributed by atoms with van der Waals surface area (Å²) in [5.74, 6) is 0.229. The smallest absolute Gasteiger partial charge is 0.233 e. The van der Waals surface area contributed by atoms with Crippen molar-refractivity contribution in [3.05, 3.63) is 107 Å². The largest absolute Gasteiger partial charge is 0.342 e. The first-order chi connectivity index (χ1) is 20.8. The lowest BCUT2D eigenvalue weighted by Gasteiger charge is -2.44. The Morgan fingerprint density at radius 1 is 0.837 bits per heavy atom. The number of hydrogen-bond donors (Lipinski definition) is 0. The molecule has 2 unspecified atom stereocenters. The van der Waals surface area contributed by atoms with E-state index in [0.717, 1.165) is 81.5 Å². The van der Waals surface area contributed by atoms with E-state index in [0.29, 0.717) is 0 Å². The van der Waals surface area contributed by atoms with E-state index in [-0.39, 0.29) is 29.6 Å². The second-order valence-corrected chi connectivity index (χ2v) is 13.0. The molecule has 0 spiro atoms. The van der Waals surface area contributed by atoms with Gasteiger partial charge in [-0.2, -0.15) is 0 Å². The first-order valence-electron chi connectivity index (χ1n) is 16.0. The number of halogens is 1. The Morgan fingerprint density at radius 2 is 1.44 bits per heavy atom. The van der Waals surface area contributed by atoms with E-state index in [1.165, 1.54) is 18.6 Å². The number of rotatable bonds is 8. The summed E-state index contributed by atoms with van der Waals surface area (Å²) in [5.41, 5.74) is 1.96. The molecule has 3 atom stereocenters. The van der Waals surface area contributed by atoms with Crippen molar-refractivity contribution in [2.45, 2.75) is 62.3 Å². The van der Waals surface area contributed by atoms with Crippen LogP contribution in [0, 0.1) is 11.7 Å². The maximum absolute atomic E-state index is 14.3. The van der Waals surface area contributed by atoms with Gasteiger partial charge in [-0.05, 0) is 93.3 Å². The van der Waals surface area contributed by atoms with Gasteiger partial charge in [0.1, 0.15) is 5.82 Å². The van der Waals surface area contributed by atoms with Crippen LogP contribution in [0.2, 0.25) is 0 Å². The van der Waals surface area contributed by atoms with Crippen LogP contribution < -0.4 is 0 Å². The number of likely N-dealkylation sites (N-methyl/N-ethyl adjacent to an activating group) is 1. The van der Waals surface area contributed by atoms with Crippen molar-refractivity contribution in [2.75, 3.05) is 39.8 Å². The molecule has 0 N–H and O–H groups in total. The molecule has 1 saturated carbocycles. The van der Waals surface area contributed by atoms with Crippen LogP contribution in [0.25, 0.3) is 0 Å². The van der Waals surface area contributed by atoms with E-state index in [1.54, 1.807) is 12.1 Å². The minimum Gasteiger partial charge on any atom is -0.342 e. The summed E-state index contributed by atoms with van der Waals surface area (Å²) >= 11 is 0. The number of likely N-dealkylation sites (tertiary alicyclic amines) is 2. The van der Waals surface area contributed by atoms with Crippen molar-refractivity contribution in [1.29, 1.82) is 0 Å². The average molecular weight is 582 g/mol. The molecular formula is C37H44FN3O2. The van der Waals surface area contributed by atoms with E-state index in [2.05, 4.69) is 41.0 Å². The zero-order valence-corrected chi connectivity index (χ0v) is 25.6. The van der Waals surface area contributed by atoms with Gasteiger partial charge < -0.3 is 14.7 Å². The highest BCUT2D eigenvalue weighted by Gasteiger charge is 2.62. The number of piperidine rings is 2. The first-order valence-corrected chi connectivity index (χ1v) is 16.0. The molecular weight excluding hydrogens is 537 g/mol. The van der Waals surface area contributed by atoms with Crippen LogP contribution in [0.1, 0.15) is 68.2 Å².